The fourth-order valence-electron chi connectivity index (χ4n) is 0.824. The van der Waals surface area contributed by atoms with Crippen molar-refractivity contribution in [1.29, 1.82) is 0 Å². The van der Waals surface area contributed by atoms with Gasteiger partial charge in [-0.05, 0) is 0 Å². The molecule has 0 saturated heterocycles. The minimum Gasteiger partial charge on any atom is -0.430 e. The van der Waals surface area contributed by atoms with Gasteiger partial charge in [0.1, 0.15) is 0 Å². The molecule has 1 atom stereocenters. The first-order chi connectivity index (χ1) is 6.08. The Labute approximate surface area is 77.1 Å². The van der Waals surface area contributed by atoms with Gasteiger partial charge < -0.3 is 14.9 Å². The summed E-state index contributed by atoms with van der Waals surface area (Å²) in [6.45, 7) is 6.32. The number of rotatable bonds is 6. The zero-order chi connectivity index (χ0) is 10.3. The molecule has 0 heterocycles. The van der Waals surface area contributed by atoms with Gasteiger partial charge in [0.05, 0.1) is 0 Å². The standard InChI is InChI=1S/C9H14O4/c1-3-5-9(12,6-7-10)13-8(11)4-2/h3-4,10,12H,1-2,5-7H2. The zero-order valence-electron chi connectivity index (χ0n) is 7.40. The lowest BCUT2D eigenvalue weighted by Crippen LogP contribution is -2.34. The zero-order valence-corrected chi connectivity index (χ0v) is 7.40. The molecule has 2 N–H and O–H groups in total. The molecule has 4 heteroatoms. The van der Waals surface area contributed by atoms with Crippen LogP contribution in [0.1, 0.15) is 12.8 Å². The van der Waals surface area contributed by atoms with Crippen molar-refractivity contribution in [2.45, 2.75) is 18.6 Å². The summed E-state index contributed by atoms with van der Waals surface area (Å²) in [6.07, 6.45) is 2.39. The van der Waals surface area contributed by atoms with E-state index in [4.69, 9.17) is 5.11 Å². The summed E-state index contributed by atoms with van der Waals surface area (Å²) < 4.78 is 4.64. The van der Waals surface area contributed by atoms with E-state index >= 15 is 0 Å². The second-order valence-corrected chi connectivity index (χ2v) is 2.54. The number of ether oxygens (including phenoxy) is 1. The molecule has 0 aromatic heterocycles. The molecule has 0 saturated carbocycles. The van der Waals surface area contributed by atoms with Crippen LogP contribution in [0.2, 0.25) is 0 Å². The molecule has 0 fully saturated rings. The first kappa shape index (κ1) is 11.9. The lowest BCUT2D eigenvalue weighted by molar-refractivity contribution is -0.207. The summed E-state index contributed by atoms with van der Waals surface area (Å²) in [7, 11) is 0. The first-order valence-electron chi connectivity index (χ1n) is 3.87. The maximum atomic E-state index is 10.8. The Balaban J connectivity index is 4.29. The Morgan fingerprint density at radius 2 is 2.15 bits per heavy atom. The minimum atomic E-state index is -1.66. The summed E-state index contributed by atoms with van der Waals surface area (Å²) in [6, 6.07) is 0. The molecule has 0 aliphatic carbocycles. The molecule has 74 valence electrons. The van der Waals surface area contributed by atoms with Crippen LogP contribution in [-0.2, 0) is 9.53 Å². The average Bonchev–Trinajstić information content (AvgIpc) is 2.04. The van der Waals surface area contributed by atoms with Gasteiger partial charge in [0.25, 0.3) is 0 Å². The van der Waals surface area contributed by atoms with E-state index in [1.54, 1.807) is 0 Å². The highest BCUT2D eigenvalue weighted by atomic mass is 16.7. The lowest BCUT2D eigenvalue weighted by Gasteiger charge is -2.25. The fraction of sp³-hybridized carbons (Fsp3) is 0.444. The largest absolute Gasteiger partial charge is 0.430 e. The van der Waals surface area contributed by atoms with Gasteiger partial charge in [-0.25, -0.2) is 4.79 Å². The van der Waals surface area contributed by atoms with E-state index in [1.807, 2.05) is 0 Å². The number of aliphatic hydroxyl groups is 2. The van der Waals surface area contributed by atoms with E-state index in [1.165, 1.54) is 6.08 Å². The molecule has 0 radical (unpaired) electrons. The number of aliphatic hydroxyl groups excluding tert-OH is 1. The molecular formula is C9H14O4. The van der Waals surface area contributed by atoms with Crippen molar-refractivity contribution in [2.24, 2.45) is 0 Å². The summed E-state index contributed by atoms with van der Waals surface area (Å²) in [5.41, 5.74) is 0. The maximum Gasteiger partial charge on any atom is 0.332 e. The maximum absolute atomic E-state index is 10.8. The number of carbonyl (C=O) groups excluding carboxylic acids is 1. The summed E-state index contributed by atoms with van der Waals surface area (Å²) in [4.78, 5) is 10.8. The Kier molecular flexibility index (Phi) is 5.03. The van der Waals surface area contributed by atoms with Crippen molar-refractivity contribution in [3.63, 3.8) is 0 Å². The molecule has 0 bridgehead atoms. The van der Waals surface area contributed by atoms with Crippen molar-refractivity contribution in [1.82, 2.24) is 0 Å². The first-order valence-corrected chi connectivity index (χ1v) is 3.87. The van der Waals surface area contributed by atoms with E-state index in [0.29, 0.717) is 0 Å². The predicted molar refractivity (Wildman–Crippen MR) is 47.8 cm³/mol. The third kappa shape index (κ3) is 4.45. The molecule has 0 aliphatic rings. The Morgan fingerprint density at radius 1 is 1.54 bits per heavy atom. The van der Waals surface area contributed by atoms with Crippen LogP contribution in [0.25, 0.3) is 0 Å². The van der Waals surface area contributed by atoms with Gasteiger partial charge in [-0.2, -0.15) is 0 Å². The molecule has 4 nitrogen and oxygen atoms in total. The van der Waals surface area contributed by atoms with Crippen LogP contribution in [0.4, 0.5) is 0 Å². The SMILES string of the molecule is C=CCC(O)(CCO)OC(=O)C=C. The van der Waals surface area contributed by atoms with Crippen molar-refractivity contribution in [2.75, 3.05) is 6.61 Å². The van der Waals surface area contributed by atoms with Crippen LogP contribution in [0.3, 0.4) is 0 Å². The Morgan fingerprint density at radius 3 is 2.54 bits per heavy atom. The van der Waals surface area contributed by atoms with Crippen molar-refractivity contribution >= 4 is 5.97 Å². The second kappa shape index (κ2) is 5.50. The highest BCUT2D eigenvalue weighted by molar-refractivity contribution is 5.81. The third-order valence-corrected chi connectivity index (χ3v) is 1.42. The molecule has 0 amide bonds. The van der Waals surface area contributed by atoms with Gasteiger partial charge in [0, 0.05) is 25.5 Å². The average molecular weight is 186 g/mol. The highest BCUT2D eigenvalue weighted by Crippen LogP contribution is 2.17. The smallest absolute Gasteiger partial charge is 0.332 e. The van der Waals surface area contributed by atoms with E-state index in [9.17, 15) is 9.90 Å². The van der Waals surface area contributed by atoms with Crippen LogP contribution in [-0.4, -0.2) is 28.6 Å². The van der Waals surface area contributed by atoms with Gasteiger partial charge in [0.2, 0.25) is 5.79 Å². The molecule has 13 heavy (non-hydrogen) atoms. The van der Waals surface area contributed by atoms with Crippen molar-refractivity contribution < 1.29 is 19.7 Å². The Hall–Kier alpha value is -1.13. The molecular weight excluding hydrogens is 172 g/mol. The van der Waals surface area contributed by atoms with Crippen LogP contribution in [0, 0.1) is 0 Å². The van der Waals surface area contributed by atoms with Gasteiger partial charge >= 0.3 is 5.97 Å². The third-order valence-electron chi connectivity index (χ3n) is 1.42. The monoisotopic (exact) mass is 186 g/mol. The molecule has 0 aromatic carbocycles. The van der Waals surface area contributed by atoms with Crippen molar-refractivity contribution in [3.8, 4) is 0 Å². The lowest BCUT2D eigenvalue weighted by atomic mass is 10.1. The highest BCUT2D eigenvalue weighted by Gasteiger charge is 2.28. The van der Waals surface area contributed by atoms with Gasteiger partial charge in [-0.15, -0.1) is 6.58 Å². The van der Waals surface area contributed by atoms with Crippen molar-refractivity contribution in [3.05, 3.63) is 25.3 Å². The minimum absolute atomic E-state index is 0.0431. The van der Waals surface area contributed by atoms with E-state index in [0.717, 1.165) is 6.08 Å². The van der Waals surface area contributed by atoms with E-state index < -0.39 is 11.8 Å². The van der Waals surface area contributed by atoms with E-state index in [-0.39, 0.29) is 19.4 Å². The van der Waals surface area contributed by atoms with Gasteiger partial charge in [-0.1, -0.05) is 12.7 Å². The predicted octanol–water partition coefficient (Wildman–Crippen LogP) is 0.363. The quantitative estimate of drug-likeness (QED) is 0.272. The van der Waals surface area contributed by atoms with Gasteiger partial charge in [-0.3, -0.25) is 0 Å². The molecule has 0 aliphatic heterocycles. The summed E-state index contributed by atoms with van der Waals surface area (Å²) in [5.74, 6) is -2.39. The van der Waals surface area contributed by atoms with Crippen LogP contribution in [0.5, 0.6) is 0 Å². The second-order valence-electron chi connectivity index (χ2n) is 2.54. The number of carbonyl (C=O) groups is 1. The van der Waals surface area contributed by atoms with E-state index in [2.05, 4.69) is 17.9 Å². The normalized spacial score (nSPS) is 14.3. The molecule has 1 unspecified atom stereocenters. The number of hydrogen-bond donors (Lipinski definition) is 2. The van der Waals surface area contributed by atoms with Crippen LogP contribution in [0.15, 0.2) is 25.3 Å². The molecule has 0 aromatic rings. The number of hydrogen-bond acceptors (Lipinski definition) is 4. The Bertz CT molecular complexity index is 200. The van der Waals surface area contributed by atoms with Crippen LogP contribution < -0.4 is 0 Å². The molecule has 0 spiro atoms. The van der Waals surface area contributed by atoms with Gasteiger partial charge in [0.15, 0.2) is 0 Å². The number of esters is 1. The summed E-state index contributed by atoms with van der Waals surface area (Å²) >= 11 is 0. The van der Waals surface area contributed by atoms with Crippen LogP contribution >= 0.6 is 0 Å². The topological polar surface area (TPSA) is 66.8 Å². The molecule has 0 rings (SSSR count). The fourth-order valence-corrected chi connectivity index (χ4v) is 0.824. The summed E-state index contributed by atoms with van der Waals surface area (Å²) in [5, 5.41) is 18.2.